The van der Waals surface area contributed by atoms with E-state index in [-0.39, 0.29) is 18.8 Å². The summed E-state index contributed by atoms with van der Waals surface area (Å²) < 4.78 is 19.8. The van der Waals surface area contributed by atoms with E-state index >= 15 is 0 Å². The van der Waals surface area contributed by atoms with Gasteiger partial charge in [0.1, 0.15) is 30.2 Å². The minimum atomic E-state index is -0.699. The second-order valence-corrected chi connectivity index (χ2v) is 7.17. The molecule has 0 spiro atoms. The third-order valence-corrected chi connectivity index (χ3v) is 4.93. The molecule has 3 fully saturated rings. The first-order chi connectivity index (χ1) is 11.6. The standard InChI is InChI=1S/C16H20N4O4/c1-16(2)23-12-9(5-21)22-15(13(12)24-16)20-7-19-11-10(8-3-4-8)17-6-18-14(11)20/h6-9,12-13,15,21H,3-5H2,1-2H3/t9-,12-,13-,15-/m1/s1. The molecule has 4 heterocycles. The molecule has 128 valence electrons. The van der Waals surface area contributed by atoms with Crippen LogP contribution in [0.15, 0.2) is 12.7 Å². The molecule has 1 N–H and O–H groups in total. The molecule has 1 aliphatic carbocycles. The van der Waals surface area contributed by atoms with Crippen LogP contribution in [-0.2, 0) is 14.2 Å². The fourth-order valence-electron chi connectivity index (χ4n) is 3.74. The number of hydrogen-bond acceptors (Lipinski definition) is 7. The number of rotatable bonds is 3. The first-order valence-electron chi connectivity index (χ1n) is 8.37. The van der Waals surface area contributed by atoms with Gasteiger partial charge in [0, 0.05) is 5.92 Å². The van der Waals surface area contributed by atoms with Gasteiger partial charge < -0.3 is 19.3 Å². The Balaban J connectivity index is 1.56. The zero-order valence-electron chi connectivity index (χ0n) is 13.6. The average Bonchev–Trinajstić information content (AvgIpc) is 3.12. The molecular formula is C16H20N4O4. The second-order valence-electron chi connectivity index (χ2n) is 7.17. The SMILES string of the molecule is CC1(C)O[C@@H]2[C@H](O1)[C@@H](CO)O[C@H]2n1cnc2c(C3CC3)ncnc21. The Morgan fingerprint density at radius 2 is 2.00 bits per heavy atom. The van der Waals surface area contributed by atoms with E-state index in [4.69, 9.17) is 14.2 Å². The summed E-state index contributed by atoms with van der Waals surface area (Å²) in [7, 11) is 0. The lowest BCUT2D eigenvalue weighted by Gasteiger charge is -2.24. The normalized spacial score (nSPS) is 34.8. The molecule has 2 aliphatic heterocycles. The predicted molar refractivity (Wildman–Crippen MR) is 82.1 cm³/mol. The molecule has 3 aliphatic rings. The smallest absolute Gasteiger partial charge is 0.166 e. The van der Waals surface area contributed by atoms with Gasteiger partial charge in [0.15, 0.2) is 17.7 Å². The first-order valence-corrected chi connectivity index (χ1v) is 8.37. The average molecular weight is 332 g/mol. The lowest BCUT2D eigenvalue weighted by Crippen LogP contribution is -2.31. The predicted octanol–water partition coefficient (Wildman–Crippen LogP) is 1.11. The van der Waals surface area contributed by atoms with E-state index in [1.165, 1.54) is 0 Å². The van der Waals surface area contributed by atoms with E-state index in [1.807, 2.05) is 18.4 Å². The van der Waals surface area contributed by atoms with E-state index < -0.39 is 18.1 Å². The molecule has 0 unspecified atom stereocenters. The fourth-order valence-corrected chi connectivity index (χ4v) is 3.74. The fraction of sp³-hybridized carbons (Fsp3) is 0.688. The molecule has 2 aromatic heterocycles. The van der Waals surface area contributed by atoms with Crippen LogP contribution in [0.2, 0.25) is 0 Å². The van der Waals surface area contributed by atoms with E-state index in [1.54, 1.807) is 12.7 Å². The summed E-state index contributed by atoms with van der Waals surface area (Å²) in [6, 6.07) is 0. The van der Waals surface area contributed by atoms with Crippen molar-refractivity contribution >= 4 is 11.2 Å². The molecular weight excluding hydrogens is 312 g/mol. The highest BCUT2D eigenvalue weighted by atomic mass is 16.8. The van der Waals surface area contributed by atoms with Gasteiger partial charge in [-0.1, -0.05) is 0 Å². The maximum absolute atomic E-state index is 9.63. The quantitative estimate of drug-likeness (QED) is 0.900. The van der Waals surface area contributed by atoms with Gasteiger partial charge in [-0.25, -0.2) is 15.0 Å². The Bertz CT molecular complexity index is 787. The van der Waals surface area contributed by atoms with Gasteiger partial charge in [0.2, 0.25) is 0 Å². The summed E-state index contributed by atoms with van der Waals surface area (Å²) in [6.07, 6.45) is 4.14. The van der Waals surface area contributed by atoms with Crippen LogP contribution in [0.25, 0.3) is 11.2 Å². The molecule has 0 aromatic carbocycles. The van der Waals surface area contributed by atoms with E-state index in [9.17, 15) is 5.11 Å². The van der Waals surface area contributed by atoms with Crippen molar-refractivity contribution in [1.82, 2.24) is 19.5 Å². The van der Waals surface area contributed by atoms with Crippen LogP contribution in [0.3, 0.4) is 0 Å². The van der Waals surface area contributed by atoms with Gasteiger partial charge in [-0.2, -0.15) is 0 Å². The van der Waals surface area contributed by atoms with Gasteiger partial charge in [-0.3, -0.25) is 4.57 Å². The summed E-state index contributed by atoms with van der Waals surface area (Å²) in [5.41, 5.74) is 2.57. The largest absolute Gasteiger partial charge is 0.394 e. The van der Waals surface area contributed by atoms with E-state index in [0.717, 1.165) is 29.7 Å². The molecule has 0 amide bonds. The third-order valence-electron chi connectivity index (χ3n) is 4.93. The van der Waals surface area contributed by atoms with Gasteiger partial charge in [-0.15, -0.1) is 0 Å². The molecule has 24 heavy (non-hydrogen) atoms. The maximum atomic E-state index is 9.63. The topological polar surface area (TPSA) is 91.5 Å². The number of aliphatic hydroxyl groups is 1. The maximum Gasteiger partial charge on any atom is 0.166 e. The molecule has 0 radical (unpaired) electrons. The molecule has 0 bridgehead atoms. The Morgan fingerprint density at radius 1 is 1.21 bits per heavy atom. The lowest BCUT2D eigenvalue weighted by atomic mass is 10.1. The zero-order valence-corrected chi connectivity index (χ0v) is 13.6. The summed E-state index contributed by atoms with van der Waals surface area (Å²) in [5.74, 6) is -0.207. The summed E-state index contributed by atoms with van der Waals surface area (Å²) in [6.45, 7) is 3.62. The van der Waals surface area contributed by atoms with Crippen molar-refractivity contribution in [3.8, 4) is 0 Å². The highest BCUT2D eigenvalue weighted by Gasteiger charge is 2.56. The van der Waals surface area contributed by atoms with Crippen LogP contribution in [0.5, 0.6) is 0 Å². The number of aliphatic hydroxyl groups excluding tert-OH is 1. The van der Waals surface area contributed by atoms with Crippen LogP contribution < -0.4 is 0 Å². The number of ether oxygens (including phenoxy) is 3. The molecule has 8 nitrogen and oxygen atoms in total. The van der Waals surface area contributed by atoms with Crippen LogP contribution in [0, 0.1) is 0 Å². The Morgan fingerprint density at radius 3 is 2.75 bits per heavy atom. The van der Waals surface area contributed by atoms with Gasteiger partial charge >= 0.3 is 0 Å². The van der Waals surface area contributed by atoms with Crippen LogP contribution >= 0.6 is 0 Å². The van der Waals surface area contributed by atoms with Crippen molar-refractivity contribution in [2.45, 2.75) is 62.9 Å². The molecule has 2 aromatic rings. The second kappa shape index (κ2) is 4.95. The zero-order chi connectivity index (χ0) is 16.5. The molecule has 2 saturated heterocycles. The third kappa shape index (κ3) is 2.10. The minimum Gasteiger partial charge on any atom is -0.394 e. The Kier molecular flexibility index (Phi) is 3.03. The van der Waals surface area contributed by atoms with Crippen molar-refractivity contribution in [3.63, 3.8) is 0 Å². The van der Waals surface area contributed by atoms with Gasteiger partial charge in [-0.05, 0) is 26.7 Å². The number of hydrogen-bond donors (Lipinski definition) is 1. The summed E-state index contributed by atoms with van der Waals surface area (Å²) in [4.78, 5) is 13.3. The monoisotopic (exact) mass is 332 g/mol. The number of aromatic nitrogens is 4. The molecule has 1 saturated carbocycles. The number of imidazole rings is 1. The summed E-state index contributed by atoms with van der Waals surface area (Å²) in [5, 5.41) is 9.63. The van der Waals surface area contributed by atoms with Gasteiger partial charge in [0.05, 0.1) is 18.6 Å². The highest BCUT2D eigenvalue weighted by Crippen LogP contribution is 2.45. The van der Waals surface area contributed by atoms with Crippen molar-refractivity contribution in [2.24, 2.45) is 0 Å². The van der Waals surface area contributed by atoms with Crippen molar-refractivity contribution in [2.75, 3.05) is 6.61 Å². The minimum absolute atomic E-state index is 0.119. The Labute approximate surface area is 138 Å². The van der Waals surface area contributed by atoms with Crippen molar-refractivity contribution in [1.29, 1.82) is 0 Å². The Hall–Kier alpha value is -1.61. The summed E-state index contributed by atoms with van der Waals surface area (Å²) >= 11 is 0. The highest BCUT2D eigenvalue weighted by molar-refractivity contribution is 5.74. The van der Waals surface area contributed by atoms with Gasteiger partial charge in [0.25, 0.3) is 0 Å². The first kappa shape index (κ1) is 14.7. The number of nitrogens with zero attached hydrogens (tertiary/aromatic N) is 4. The van der Waals surface area contributed by atoms with Crippen molar-refractivity contribution < 1.29 is 19.3 Å². The van der Waals surface area contributed by atoms with Crippen LogP contribution in [0.4, 0.5) is 0 Å². The van der Waals surface area contributed by atoms with E-state index in [2.05, 4.69) is 15.0 Å². The number of fused-ring (bicyclic) bond motifs is 2. The molecule has 4 atom stereocenters. The van der Waals surface area contributed by atoms with E-state index in [0.29, 0.717) is 5.92 Å². The van der Waals surface area contributed by atoms with Crippen LogP contribution in [-0.4, -0.2) is 55.3 Å². The molecule has 5 rings (SSSR count). The van der Waals surface area contributed by atoms with Crippen LogP contribution in [0.1, 0.15) is 44.5 Å². The lowest BCUT2D eigenvalue weighted by molar-refractivity contribution is -0.199. The van der Waals surface area contributed by atoms with Crippen molar-refractivity contribution in [3.05, 3.63) is 18.3 Å². The molecule has 8 heteroatoms.